The van der Waals surface area contributed by atoms with Gasteiger partial charge in [0.15, 0.2) is 5.16 Å². The van der Waals surface area contributed by atoms with Gasteiger partial charge >= 0.3 is 0 Å². The molecule has 0 amide bonds. The van der Waals surface area contributed by atoms with Gasteiger partial charge in [0, 0.05) is 20.0 Å². The SMILES string of the molecule is Cc1ccc(-n2c(SCc3nnc(C)o3)nnc2N2CCCC2)cc1. The van der Waals surface area contributed by atoms with Gasteiger partial charge in [-0.3, -0.25) is 4.57 Å². The van der Waals surface area contributed by atoms with Crippen molar-refractivity contribution in [3.63, 3.8) is 0 Å². The number of aromatic nitrogens is 5. The first-order chi connectivity index (χ1) is 12.2. The molecule has 3 heterocycles. The number of thioether (sulfide) groups is 1. The summed E-state index contributed by atoms with van der Waals surface area (Å²) in [5, 5.41) is 17.7. The fourth-order valence-electron chi connectivity index (χ4n) is 2.92. The lowest BCUT2D eigenvalue weighted by Crippen LogP contribution is -2.22. The van der Waals surface area contributed by atoms with E-state index >= 15 is 0 Å². The third-order valence-corrected chi connectivity index (χ3v) is 5.10. The molecule has 0 N–H and O–H groups in total. The maximum absolute atomic E-state index is 5.46. The highest BCUT2D eigenvalue weighted by Gasteiger charge is 2.22. The van der Waals surface area contributed by atoms with Crippen LogP contribution in [0.5, 0.6) is 0 Å². The summed E-state index contributed by atoms with van der Waals surface area (Å²) >= 11 is 1.56. The number of nitrogens with zero attached hydrogens (tertiary/aromatic N) is 6. The van der Waals surface area contributed by atoms with Gasteiger partial charge in [0.05, 0.1) is 11.4 Å². The van der Waals surface area contributed by atoms with Crippen LogP contribution in [0, 0.1) is 13.8 Å². The molecule has 130 valence electrons. The van der Waals surface area contributed by atoms with Crippen LogP contribution in [0.3, 0.4) is 0 Å². The molecule has 4 rings (SSSR count). The van der Waals surface area contributed by atoms with Gasteiger partial charge in [0.1, 0.15) is 0 Å². The Morgan fingerprint density at radius 2 is 1.76 bits per heavy atom. The lowest BCUT2D eigenvalue weighted by atomic mass is 10.2. The number of anilines is 1. The third-order valence-electron chi connectivity index (χ3n) is 4.19. The second-order valence-electron chi connectivity index (χ2n) is 6.15. The minimum absolute atomic E-state index is 0.574. The van der Waals surface area contributed by atoms with Crippen LogP contribution in [-0.2, 0) is 5.75 Å². The molecule has 1 aliphatic heterocycles. The Kier molecular flexibility index (Phi) is 4.44. The minimum Gasteiger partial charge on any atom is -0.425 e. The number of rotatable bonds is 5. The van der Waals surface area contributed by atoms with Crippen molar-refractivity contribution >= 4 is 17.7 Å². The fraction of sp³-hybridized carbons (Fsp3) is 0.412. The maximum atomic E-state index is 5.46. The predicted molar refractivity (Wildman–Crippen MR) is 96.1 cm³/mol. The van der Waals surface area contributed by atoms with E-state index in [1.165, 1.54) is 18.4 Å². The summed E-state index contributed by atoms with van der Waals surface area (Å²) in [5.74, 6) is 2.66. The van der Waals surface area contributed by atoms with Crippen LogP contribution >= 0.6 is 11.8 Å². The second kappa shape index (κ2) is 6.87. The summed E-state index contributed by atoms with van der Waals surface area (Å²) in [4.78, 5) is 2.30. The molecule has 1 saturated heterocycles. The summed E-state index contributed by atoms with van der Waals surface area (Å²) in [6.45, 7) is 5.93. The molecule has 0 saturated carbocycles. The Bertz CT molecular complexity index is 850. The summed E-state index contributed by atoms with van der Waals surface area (Å²) in [6.07, 6.45) is 2.40. The molecule has 25 heavy (non-hydrogen) atoms. The lowest BCUT2D eigenvalue weighted by Gasteiger charge is -2.18. The molecule has 1 fully saturated rings. The van der Waals surface area contributed by atoms with Crippen molar-refractivity contribution in [3.05, 3.63) is 41.6 Å². The van der Waals surface area contributed by atoms with E-state index in [9.17, 15) is 0 Å². The van der Waals surface area contributed by atoms with Gasteiger partial charge in [-0.25, -0.2) is 0 Å². The van der Waals surface area contributed by atoms with Crippen molar-refractivity contribution < 1.29 is 4.42 Å². The molecule has 0 spiro atoms. The Morgan fingerprint density at radius 3 is 2.44 bits per heavy atom. The molecule has 1 aliphatic rings. The summed E-state index contributed by atoms with van der Waals surface area (Å²) < 4.78 is 7.59. The Balaban J connectivity index is 1.66. The van der Waals surface area contributed by atoms with Crippen LogP contribution in [0.15, 0.2) is 33.8 Å². The van der Waals surface area contributed by atoms with E-state index < -0.39 is 0 Å². The monoisotopic (exact) mass is 356 g/mol. The standard InChI is InChI=1S/C17H20N6OS/c1-12-5-7-14(8-6-12)23-16(22-9-3-4-10-22)20-21-17(23)25-11-15-19-18-13(2)24-15/h5-8H,3-4,9-11H2,1-2H3. The Morgan fingerprint density at radius 1 is 1.00 bits per heavy atom. The number of hydrogen-bond donors (Lipinski definition) is 0. The molecular formula is C17H20N6OS. The van der Waals surface area contributed by atoms with E-state index in [0.717, 1.165) is 29.9 Å². The molecule has 7 nitrogen and oxygen atoms in total. The second-order valence-corrected chi connectivity index (χ2v) is 7.09. The minimum atomic E-state index is 0.574. The smallest absolute Gasteiger partial charge is 0.232 e. The highest BCUT2D eigenvalue weighted by Crippen LogP contribution is 2.30. The average Bonchev–Trinajstić information content (AvgIpc) is 3.34. The van der Waals surface area contributed by atoms with Gasteiger partial charge in [0.25, 0.3) is 0 Å². The summed E-state index contributed by atoms with van der Waals surface area (Å²) in [6, 6.07) is 8.44. The van der Waals surface area contributed by atoms with E-state index in [2.05, 4.69) is 61.1 Å². The molecule has 0 atom stereocenters. The van der Waals surface area contributed by atoms with Crippen molar-refractivity contribution in [1.82, 2.24) is 25.0 Å². The molecule has 8 heteroatoms. The first-order valence-corrected chi connectivity index (χ1v) is 9.38. The van der Waals surface area contributed by atoms with E-state index in [4.69, 9.17) is 4.42 Å². The van der Waals surface area contributed by atoms with Crippen LogP contribution < -0.4 is 4.90 Å². The number of benzene rings is 1. The van der Waals surface area contributed by atoms with Gasteiger partial charge in [0.2, 0.25) is 17.7 Å². The van der Waals surface area contributed by atoms with Crippen molar-refractivity contribution in [3.8, 4) is 5.69 Å². The van der Waals surface area contributed by atoms with Gasteiger partial charge < -0.3 is 9.32 Å². The van der Waals surface area contributed by atoms with Gasteiger partial charge in [-0.15, -0.1) is 20.4 Å². The molecular weight excluding hydrogens is 336 g/mol. The van der Waals surface area contributed by atoms with E-state index in [1.54, 1.807) is 18.7 Å². The Labute approximate surface area is 150 Å². The number of aryl methyl sites for hydroxylation is 2. The van der Waals surface area contributed by atoms with Crippen molar-refractivity contribution in [2.75, 3.05) is 18.0 Å². The molecule has 2 aromatic heterocycles. The summed E-state index contributed by atoms with van der Waals surface area (Å²) in [5.41, 5.74) is 2.30. The van der Waals surface area contributed by atoms with Gasteiger partial charge in [-0.1, -0.05) is 29.5 Å². The van der Waals surface area contributed by atoms with Gasteiger partial charge in [-0.05, 0) is 31.9 Å². The predicted octanol–water partition coefficient (Wildman–Crippen LogP) is 3.16. The molecule has 3 aromatic rings. The van der Waals surface area contributed by atoms with Crippen LogP contribution in [-0.4, -0.2) is 38.1 Å². The van der Waals surface area contributed by atoms with E-state index in [0.29, 0.717) is 17.5 Å². The van der Waals surface area contributed by atoms with Crippen LogP contribution in [0.2, 0.25) is 0 Å². The van der Waals surface area contributed by atoms with Crippen LogP contribution in [0.25, 0.3) is 5.69 Å². The molecule has 0 unspecified atom stereocenters. The third kappa shape index (κ3) is 3.39. The Hall–Kier alpha value is -2.35. The largest absolute Gasteiger partial charge is 0.425 e. The van der Waals surface area contributed by atoms with Crippen molar-refractivity contribution in [1.29, 1.82) is 0 Å². The van der Waals surface area contributed by atoms with Gasteiger partial charge in [-0.2, -0.15) is 0 Å². The highest BCUT2D eigenvalue weighted by atomic mass is 32.2. The maximum Gasteiger partial charge on any atom is 0.232 e. The molecule has 0 aliphatic carbocycles. The normalized spacial score (nSPS) is 14.4. The topological polar surface area (TPSA) is 72.9 Å². The van der Waals surface area contributed by atoms with E-state index in [1.807, 2.05) is 0 Å². The molecule has 0 bridgehead atoms. The first-order valence-electron chi connectivity index (χ1n) is 8.40. The first kappa shape index (κ1) is 16.1. The highest BCUT2D eigenvalue weighted by molar-refractivity contribution is 7.98. The average molecular weight is 356 g/mol. The fourth-order valence-corrected chi connectivity index (χ4v) is 3.70. The zero-order valence-electron chi connectivity index (χ0n) is 14.3. The van der Waals surface area contributed by atoms with E-state index in [-0.39, 0.29) is 0 Å². The number of hydrogen-bond acceptors (Lipinski definition) is 7. The van der Waals surface area contributed by atoms with Crippen LogP contribution in [0.4, 0.5) is 5.95 Å². The summed E-state index contributed by atoms with van der Waals surface area (Å²) in [7, 11) is 0. The zero-order chi connectivity index (χ0) is 17.2. The lowest BCUT2D eigenvalue weighted by molar-refractivity contribution is 0.485. The van der Waals surface area contributed by atoms with Crippen molar-refractivity contribution in [2.45, 2.75) is 37.6 Å². The quantitative estimate of drug-likeness (QED) is 0.650. The van der Waals surface area contributed by atoms with Crippen molar-refractivity contribution in [2.24, 2.45) is 0 Å². The van der Waals surface area contributed by atoms with Crippen LogP contribution in [0.1, 0.15) is 30.2 Å². The molecule has 1 aromatic carbocycles. The zero-order valence-corrected chi connectivity index (χ0v) is 15.2. The molecule has 0 radical (unpaired) electrons.